The number of hydrogen-bond donors (Lipinski definition) is 1. The second kappa shape index (κ2) is 13.1. The zero-order valence-corrected chi connectivity index (χ0v) is 23.5. The lowest BCUT2D eigenvalue weighted by atomic mass is 9.87. The number of halogens is 4. The molecule has 0 saturated carbocycles. The maximum absolute atomic E-state index is 12.6. The van der Waals surface area contributed by atoms with Gasteiger partial charge in [0.2, 0.25) is 0 Å². The van der Waals surface area contributed by atoms with Gasteiger partial charge in [-0.05, 0) is 77.6 Å². The second-order valence-corrected chi connectivity index (χ2v) is 10.3. The van der Waals surface area contributed by atoms with Crippen LogP contribution in [0.2, 0.25) is 10.0 Å². The summed E-state index contributed by atoms with van der Waals surface area (Å²) in [4.78, 5) is 13.9. The average molecular weight is 593 g/mol. The van der Waals surface area contributed by atoms with Crippen molar-refractivity contribution in [3.63, 3.8) is 0 Å². The molecule has 3 aromatic carbocycles. The summed E-state index contributed by atoms with van der Waals surface area (Å²) in [5.74, 6) is 0.230. The van der Waals surface area contributed by atoms with E-state index in [1.165, 1.54) is 0 Å². The van der Waals surface area contributed by atoms with Crippen LogP contribution in [0.5, 0.6) is 11.5 Å². The van der Waals surface area contributed by atoms with Crippen molar-refractivity contribution < 1.29 is 23.8 Å². The lowest BCUT2D eigenvalue weighted by Crippen LogP contribution is -2.26. The Balaban J connectivity index is 0.00000353. The molecular weight excluding hydrogens is 564 g/mol. The first kappa shape index (κ1) is 29.2. The van der Waals surface area contributed by atoms with E-state index >= 15 is 0 Å². The normalized spacial score (nSPS) is 17.2. The molecule has 1 N–H and O–H groups in total. The SMILES string of the molecule is Cl.O=C(O)c1ccc2c(c1)OCCC(c1ccc(Cl)cc1Cl)=C2c1cccc(O[C@@H]2CCN(CCCF)C2)c1. The molecule has 0 amide bonds. The van der Waals surface area contributed by atoms with Crippen LogP contribution in [0.25, 0.3) is 11.1 Å². The van der Waals surface area contributed by atoms with Gasteiger partial charge in [-0.1, -0.05) is 41.4 Å². The van der Waals surface area contributed by atoms with Crippen LogP contribution >= 0.6 is 35.6 Å². The highest BCUT2D eigenvalue weighted by atomic mass is 35.5. The van der Waals surface area contributed by atoms with E-state index in [4.69, 9.17) is 32.7 Å². The molecule has 2 aliphatic rings. The molecule has 39 heavy (non-hydrogen) atoms. The molecule has 0 unspecified atom stereocenters. The van der Waals surface area contributed by atoms with E-state index in [2.05, 4.69) is 4.90 Å². The smallest absolute Gasteiger partial charge is 0.335 e. The minimum absolute atomic E-state index is 0. The Morgan fingerprint density at radius 1 is 1.10 bits per heavy atom. The van der Waals surface area contributed by atoms with Gasteiger partial charge in [-0.15, -0.1) is 12.4 Å². The van der Waals surface area contributed by atoms with Gasteiger partial charge in [0.05, 0.1) is 18.8 Å². The molecule has 9 heteroatoms. The molecule has 206 valence electrons. The number of carbonyl (C=O) groups is 1. The number of hydrogen-bond acceptors (Lipinski definition) is 4. The minimum Gasteiger partial charge on any atom is -0.493 e. The number of alkyl halides is 1. The molecular formula is C30H29Cl3FNO4. The molecule has 2 aliphatic heterocycles. The molecule has 2 heterocycles. The largest absolute Gasteiger partial charge is 0.493 e. The third-order valence-corrected chi connectivity index (χ3v) is 7.48. The average Bonchev–Trinajstić information content (AvgIpc) is 3.25. The van der Waals surface area contributed by atoms with Gasteiger partial charge in [0, 0.05) is 41.7 Å². The van der Waals surface area contributed by atoms with Gasteiger partial charge in [-0.3, -0.25) is 9.29 Å². The molecule has 0 bridgehead atoms. The minimum atomic E-state index is -1.01. The number of nitrogens with zero attached hydrogens (tertiary/aromatic N) is 1. The molecule has 1 fully saturated rings. The Hall–Kier alpha value is -2.77. The van der Waals surface area contributed by atoms with E-state index in [-0.39, 0.29) is 30.7 Å². The highest BCUT2D eigenvalue weighted by Gasteiger charge is 2.26. The van der Waals surface area contributed by atoms with Crippen molar-refractivity contribution in [2.75, 3.05) is 32.9 Å². The molecule has 5 rings (SSSR count). The summed E-state index contributed by atoms with van der Waals surface area (Å²) in [6, 6.07) is 18.3. The summed E-state index contributed by atoms with van der Waals surface area (Å²) in [7, 11) is 0. The van der Waals surface area contributed by atoms with E-state index in [9.17, 15) is 14.3 Å². The maximum Gasteiger partial charge on any atom is 0.335 e. The maximum atomic E-state index is 12.6. The van der Waals surface area contributed by atoms with Crippen LogP contribution in [-0.4, -0.2) is 55.0 Å². The number of ether oxygens (including phenoxy) is 2. The molecule has 0 aliphatic carbocycles. The number of rotatable bonds is 8. The van der Waals surface area contributed by atoms with Gasteiger partial charge >= 0.3 is 5.97 Å². The summed E-state index contributed by atoms with van der Waals surface area (Å²) in [5.41, 5.74) is 4.57. The van der Waals surface area contributed by atoms with Crippen LogP contribution in [0, 0.1) is 0 Å². The number of fused-ring (bicyclic) bond motifs is 1. The fraction of sp³-hybridized carbons (Fsp3) is 0.300. The van der Waals surface area contributed by atoms with E-state index in [1.54, 1.807) is 24.3 Å². The van der Waals surface area contributed by atoms with Crippen molar-refractivity contribution in [3.05, 3.63) is 93.0 Å². The van der Waals surface area contributed by atoms with Gasteiger partial charge in [0.15, 0.2) is 0 Å². The van der Waals surface area contributed by atoms with Crippen LogP contribution in [0.4, 0.5) is 4.39 Å². The third-order valence-electron chi connectivity index (χ3n) is 6.93. The molecule has 5 nitrogen and oxygen atoms in total. The summed E-state index contributed by atoms with van der Waals surface area (Å²) >= 11 is 12.9. The quantitative estimate of drug-likeness (QED) is 0.291. The summed E-state index contributed by atoms with van der Waals surface area (Å²) in [6.45, 7) is 2.46. The van der Waals surface area contributed by atoms with Gasteiger partial charge in [0.1, 0.15) is 17.6 Å². The molecule has 3 aromatic rings. The van der Waals surface area contributed by atoms with E-state index in [0.29, 0.717) is 35.2 Å². The Labute approximate surface area is 243 Å². The van der Waals surface area contributed by atoms with Crippen LogP contribution in [0.1, 0.15) is 46.3 Å². The van der Waals surface area contributed by atoms with Crippen LogP contribution in [-0.2, 0) is 0 Å². The molecule has 1 atom stereocenters. The Morgan fingerprint density at radius 2 is 1.92 bits per heavy atom. The summed E-state index contributed by atoms with van der Waals surface area (Å²) in [6.07, 6.45) is 2.02. The standard InChI is InChI=1S/C30H28Cl2FNO4.ClH/c31-21-6-8-24(27(32)17-21)25-10-14-37-28-16-20(30(35)36)5-7-26(28)29(25)19-3-1-4-22(15-19)38-23-9-13-34(18-23)12-2-11-33;/h1,3-8,15-17,23H,2,9-14,18H2,(H,35,36);1H/t23-;/m1./s1. The van der Waals surface area contributed by atoms with Gasteiger partial charge in [0.25, 0.3) is 0 Å². The van der Waals surface area contributed by atoms with Crippen LogP contribution in [0.15, 0.2) is 60.7 Å². The topological polar surface area (TPSA) is 59.0 Å². The Kier molecular flexibility index (Phi) is 9.78. The van der Waals surface area contributed by atoms with Gasteiger partial charge in [-0.25, -0.2) is 4.79 Å². The zero-order chi connectivity index (χ0) is 26.6. The van der Waals surface area contributed by atoms with Crippen molar-refractivity contribution in [1.29, 1.82) is 0 Å². The predicted molar refractivity (Wildman–Crippen MR) is 156 cm³/mol. The summed E-state index contributed by atoms with van der Waals surface area (Å²) < 4.78 is 25.0. The van der Waals surface area contributed by atoms with Crippen LogP contribution in [0.3, 0.4) is 0 Å². The monoisotopic (exact) mass is 591 g/mol. The fourth-order valence-corrected chi connectivity index (χ4v) is 5.68. The molecule has 1 saturated heterocycles. The first-order valence-electron chi connectivity index (χ1n) is 12.7. The van der Waals surface area contributed by atoms with Gasteiger partial charge < -0.3 is 14.6 Å². The summed E-state index contributed by atoms with van der Waals surface area (Å²) in [5, 5.41) is 10.6. The van der Waals surface area contributed by atoms with Crippen molar-refractivity contribution >= 4 is 52.7 Å². The number of benzene rings is 3. The van der Waals surface area contributed by atoms with Crippen molar-refractivity contribution in [1.82, 2.24) is 4.90 Å². The predicted octanol–water partition coefficient (Wildman–Crippen LogP) is 7.67. The van der Waals surface area contributed by atoms with E-state index in [0.717, 1.165) is 59.6 Å². The highest BCUT2D eigenvalue weighted by Crippen LogP contribution is 2.44. The zero-order valence-electron chi connectivity index (χ0n) is 21.2. The third kappa shape index (κ3) is 6.69. The Bertz CT molecular complexity index is 1380. The molecule has 0 spiro atoms. The fourth-order valence-electron chi connectivity index (χ4n) is 5.16. The number of carboxylic acid groups (broad SMARTS) is 1. The number of aromatic carboxylic acids is 1. The lowest BCUT2D eigenvalue weighted by molar-refractivity contribution is 0.0696. The van der Waals surface area contributed by atoms with E-state index in [1.807, 2.05) is 36.4 Å². The highest BCUT2D eigenvalue weighted by molar-refractivity contribution is 6.36. The number of likely N-dealkylation sites (tertiary alicyclic amines) is 1. The second-order valence-electron chi connectivity index (χ2n) is 9.49. The Morgan fingerprint density at radius 3 is 2.69 bits per heavy atom. The van der Waals surface area contributed by atoms with Crippen molar-refractivity contribution in [2.24, 2.45) is 0 Å². The van der Waals surface area contributed by atoms with Crippen molar-refractivity contribution in [2.45, 2.75) is 25.4 Å². The van der Waals surface area contributed by atoms with Gasteiger partial charge in [-0.2, -0.15) is 0 Å². The van der Waals surface area contributed by atoms with E-state index < -0.39 is 5.97 Å². The molecule has 0 radical (unpaired) electrons. The first-order valence-corrected chi connectivity index (χ1v) is 13.4. The lowest BCUT2D eigenvalue weighted by Gasteiger charge is -2.19. The number of carboxylic acids is 1. The first-order chi connectivity index (χ1) is 18.4. The van der Waals surface area contributed by atoms with Crippen molar-refractivity contribution in [3.8, 4) is 11.5 Å². The van der Waals surface area contributed by atoms with Crippen LogP contribution < -0.4 is 9.47 Å². The molecule has 0 aromatic heterocycles.